The summed E-state index contributed by atoms with van der Waals surface area (Å²) in [6, 6.07) is 20.3. The minimum absolute atomic E-state index is 0.665. The largest absolute Gasteiger partial charge is 0.274 e. The third kappa shape index (κ3) is 2.86. The van der Waals surface area contributed by atoms with Crippen molar-refractivity contribution in [3.8, 4) is 22.8 Å². The molecular weight excluding hydrogens is 356 g/mol. The lowest BCUT2D eigenvalue weighted by Gasteiger charge is -2.14. The van der Waals surface area contributed by atoms with E-state index >= 15 is 0 Å². The standard InChI is InChI=1S/C20H16N6S/c1-13-7-5-6-10-15(13)18-12-27-20-24-23-19(26(20)25-18)17-11-16(21-22-17)14-8-3-2-4-9-14/h2-11H,12H2,1H3,(H,21,22). The fourth-order valence-corrected chi connectivity index (χ4v) is 3.94. The summed E-state index contributed by atoms with van der Waals surface area (Å²) in [7, 11) is 0. The van der Waals surface area contributed by atoms with Gasteiger partial charge in [-0.15, -0.1) is 10.2 Å². The Labute approximate surface area is 160 Å². The summed E-state index contributed by atoms with van der Waals surface area (Å²) in [5, 5.41) is 21.7. The molecule has 3 heterocycles. The lowest BCUT2D eigenvalue weighted by Crippen LogP contribution is -2.14. The van der Waals surface area contributed by atoms with E-state index < -0.39 is 0 Å². The molecule has 0 radical (unpaired) electrons. The lowest BCUT2D eigenvalue weighted by atomic mass is 10.1. The molecule has 4 aromatic rings. The third-order valence-corrected chi connectivity index (χ3v) is 5.45. The minimum atomic E-state index is 0.665. The summed E-state index contributed by atoms with van der Waals surface area (Å²) < 4.78 is 1.80. The number of H-pyrrole nitrogens is 1. The summed E-state index contributed by atoms with van der Waals surface area (Å²) >= 11 is 1.64. The minimum Gasteiger partial charge on any atom is -0.274 e. The van der Waals surface area contributed by atoms with Gasteiger partial charge in [0.15, 0.2) is 0 Å². The summed E-state index contributed by atoms with van der Waals surface area (Å²) in [4.78, 5) is 0. The van der Waals surface area contributed by atoms with Crippen LogP contribution in [0, 0.1) is 6.92 Å². The summed E-state index contributed by atoms with van der Waals surface area (Å²) in [6.45, 7) is 2.10. The van der Waals surface area contributed by atoms with Crippen LogP contribution >= 0.6 is 11.8 Å². The van der Waals surface area contributed by atoms with Gasteiger partial charge in [-0.05, 0) is 18.6 Å². The number of fused-ring (bicyclic) bond motifs is 1. The molecule has 0 unspecified atom stereocenters. The second kappa shape index (κ2) is 6.51. The predicted molar refractivity (Wildman–Crippen MR) is 107 cm³/mol. The van der Waals surface area contributed by atoms with Crippen LogP contribution in [0.3, 0.4) is 0 Å². The maximum Gasteiger partial charge on any atom is 0.212 e. The van der Waals surface area contributed by atoms with Crippen LogP contribution in [0.1, 0.15) is 11.1 Å². The second-order valence-corrected chi connectivity index (χ2v) is 7.24. The molecule has 0 aliphatic carbocycles. The van der Waals surface area contributed by atoms with Crippen molar-refractivity contribution in [1.29, 1.82) is 0 Å². The summed E-state index contributed by atoms with van der Waals surface area (Å²) in [5.74, 6) is 1.44. The number of nitrogens with zero attached hydrogens (tertiary/aromatic N) is 5. The fourth-order valence-electron chi connectivity index (χ4n) is 3.12. The van der Waals surface area contributed by atoms with Crippen molar-refractivity contribution in [3.05, 3.63) is 71.8 Å². The molecule has 5 rings (SSSR count). The van der Waals surface area contributed by atoms with Crippen molar-refractivity contribution in [2.24, 2.45) is 5.10 Å². The monoisotopic (exact) mass is 372 g/mol. The van der Waals surface area contributed by atoms with Crippen LogP contribution in [0.15, 0.2) is 70.9 Å². The zero-order chi connectivity index (χ0) is 18.2. The molecule has 0 spiro atoms. The first-order valence-corrected chi connectivity index (χ1v) is 9.61. The molecule has 6 nitrogen and oxygen atoms in total. The highest BCUT2D eigenvalue weighted by atomic mass is 32.2. The zero-order valence-electron chi connectivity index (χ0n) is 14.6. The number of nitrogens with one attached hydrogen (secondary N) is 1. The molecule has 0 amide bonds. The first-order chi connectivity index (χ1) is 13.3. The van der Waals surface area contributed by atoms with Gasteiger partial charge >= 0.3 is 0 Å². The molecule has 7 heteroatoms. The van der Waals surface area contributed by atoms with Crippen molar-refractivity contribution < 1.29 is 0 Å². The van der Waals surface area contributed by atoms with Crippen LogP contribution in [-0.4, -0.2) is 36.5 Å². The molecule has 27 heavy (non-hydrogen) atoms. The van der Waals surface area contributed by atoms with Crippen LogP contribution in [0.4, 0.5) is 0 Å². The van der Waals surface area contributed by atoms with Crippen molar-refractivity contribution in [2.45, 2.75) is 12.1 Å². The number of aryl methyl sites for hydroxylation is 1. The topological polar surface area (TPSA) is 71.8 Å². The van der Waals surface area contributed by atoms with Gasteiger partial charge in [-0.25, -0.2) is 0 Å². The molecule has 0 saturated heterocycles. The molecule has 0 fully saturated rings. The Bertz CT molecular complexity index is 1140. The van der Waals surface area contributed by atoms with E-state index in [-0.39, 0.29) is 0 Å². The quantitative estimate of drug-likeness (QED) is 0.590. The van der Waals surface area contributed by atoms with Crippen molar-refractivity contribution >= 4 is 17.5 Å². The number of aromatic nitrogens is 5. The maximum absolute atomic E-state index is 4.83. The van der Waals surface area contributed by atoms with E-state index in [4.69, 9.17) is 5.10 Å². The average molecular weight is 372 g/mol. The number of hydrogen-bond acceptors (Lipinski definition) is 5. The van der Waals surface area contributed by atoms with Gasteiger partial charge in [-0.3, -0.25) is 5.10 Å². The Morgan fingerprint density at radius 2 is 1.81 bits per heavy atom. The van der Waals surface area contributed by atoms with Gasteiger partial charge in [-0.1, -0.05) is 66.4 Å². The maximum atomic E-state index is 4.83. The molecule has 1 aliphatic rings. The molecular formula is C20H16N6S. The molecule has 132 valence electrons. The van der Waals surface area contributed by atoms with Crippen LogP contribution in [0.2, 0.25) is 0 Å². The number of rotatable bonds is 3. The zero-order valence-corrected chi connectivity index (χ0v) is 15.4. The molecule has 1 aliphatic heterocycles. The van der Waals surface area contributed by atoms with E-state index in [0.717, 1.165) is 39.1 Å². The number of hydrogen-bond donors (Lipinski definition) is 1. The molecule has 2 aromatic heterocycles. The van der Waals surface area contributed by atoms with Gasteiger partial charge in [0.25, 0.3) is 0 Å². The SMILES string of the molecule is Cc1ccccc1C1=Nn2c(nnc2-c2cc(-c3ccccc3)n[nH]2)SC1. The Morgan fingerprint density at radius 1 is 1.00 bits per heavy atom. The van der Waals surface area contributed by atoms with E-state index in [2.05, 4.69) is 39.5 Å². The first-order valence-electron chi connectivity index (χ1n) is 8.63. The van der Waals surface area contributed by atoms with Gasteiger partial charge in [-0.2, -0.15) is 14.9 Å². The predicted octanol–water partition coefficient (Wildman–Crippen LogP) is 4.00. The molecule has 1 N–H and O–H groups in total. The summed E-state index contributed by atoms with van der Waals surface area (Å²) in [6.07, 6.45) is 0. The Morgan fingerprint density at radius 3 is 2.67 bits per heavy atom. The van der Waals surface area contributed by atoms with Crippen molar-refractivity contribution in [3.63, 3.8) is 0 Å². The molecule has 0 saturated carbocycles. The normalized spacial score (nSPS) is 13.3. The second-order valence-electron chi connectivity index (χ2n) is 6.30. The smallest absolute Gasteiger partial charge is 0.212 e. The number of thioether (sulfide) groups is 1. The summed E-state index contributed by atoms with van der Waals surface area (Å²) in [5.41, 5.74) is 6.11. The highest BCUT2D eigenvalue weighted by molar-refractivity contribution is 7.99. The molecule has 0 bridgehead atoms. The third-order valence-electron chi connectivity index (χ3n) is 4.52. The fraction of sp³-hybridized carbons (Fsp3) is 0.100. The van der Waals surface area contributed by atoms with Gasteiger partial charge in [0, 0.05) is 16.9 Å². The number of aromatic amines is 1. The highest BCUT2D eigenvalue weighted by Gasteiger charge is 2.22. The Hall–Kier alpha value is -3.19. The van der Waals surface area contributed by atoms with Crippen LogP contribution in [0.25, 0.3) is 22.8 Å². The average Bonchev–Trinajstić information content (AvgIpc) is 3.35. The lowest BCUT2D eigenvalue weighted by molar-refractivity contribution is 0.760. The van der Waals surface area contributed by atoms with Crippen LogP contribution in [0.5, 0.6) is 0 Å². The molecule has 0 atom stereocenters. The van der Waals surface area contributed by atoms with E-state index in [1.165, 1.54) is 5.56 Å². The Kier molecular flexibility index (Phi) is 3.86. The van der Waals surface area contributed by atoms with E-state index in [1.807, 2.05) is 48.5 Å². The van der Waals surface area contributed by atoms with Gasteiger partial charge < -0.3 is 0 Å². The van der Waals surface area contributed by atoms with Crippen LogP contribution in [-0.2, 0) is 0 Å². The van der Waals surface area contributed by atoms with Crippen molar-refractivity contribution in [1.82, 2.24) is 25.1 Å². The van der Waals surface area contributed by atoms with Gasteiger partial charge in [0.2, 0.25) is 11.0 Å². The molecule has 2 aromatic carbocycles. The first kappa shape index (κ1) is 16.0. The number of benzene rings is 2. The highest BCUT2D eigenvalue weighted by Crippen LogP contribution is 2.29. The van der Waals surface area contributed by atoms with E-state index in [1.54, 1.807) is 16.4 Å². The van der Waals surface area contributed by atoms with Crippen LogP contribution < -0.4 is 0 Å². The van der Waals surface area contributed by atoms with E-state index in [9.17, 15) is 0 Å². The Balaban J connectivity index is 1.56. The van der Waals surface area contributed by atoms with Gasteiger partial charge in [0.1, 0.15) is 5.69 Å². The van der Waals surface area contributed by atoms with Crippen molar-refractivity contribution in [2.75, 3.05) is 5.75 Å². The van der Waals surface area contributed by atoms with E-state index in [0.29, 0.717) is 5.82 Å². The van der Waals surface area contributed by atoms with Gasteiger partial charge in [0.05, 0.1) is 11.4 Å².